The van der Waals surface area contributed by atoms with Gasteiger partial charge in [0.2, 0.25) is 10.0 Å². The van der Waals surface area contributed by atoms with Crippen LogP contribution in [0.2, 0.25) is 0 Å². The number of anilines is 1. The molecule has 0 unspecified atom stereocenters. The molecular weight excluding hydrogens is 305 g/mol. The molecule has 1 rings (SSSR count). The van der Waals surface area contributed by atoms with Crippen LogP contribution in [0.15, 0.2) is 18.2 Å². The van der Waals surface area contributed by atoms with Crippen molar-refractivity contribution in [2.24, 2.45) is 0 Å². The molecule has 0 bridgehead atoms. The molecule has 0 aliphatic carbocycles. The average molecular weight is 319 g/mol. The van der Waals surface area contributed by atoms with Crippen molar-refractivity contribution in [3.05, 3.63) is 29.6 Å². The van der Waals surface area contributed by atoms with Gasteiger partial charge in [-0.2, -0.15) is 0 Å². The van der Waals surface area contributed by atoms with Crippen molar-refractivity contribution in [2.45, 2.75) is 0 Å². The molecule has 10 heteroatoms. The molecule has 116 valence electrons. The molecule has 1 aromatic carbocycles. The van der Waals surface area contributed by atoms with E-state index in [1.54, 1.807) is 0 Å². The maximum Gasteiger partial charge on any atom is 0.337 e. The maximum absolute atomic E-state index is 13.5. The van der Waals surface area contributed by atoms with Crippen LogP contribution in [-0.4, -0.2) is 44.9 Å². The molecule has 4 N–H and O–H groups in total. The van der Waals surface area contributed by atoms with E-state index in [4.69, 9.17) is 5.11 Å². The predicted molar refractivity (Wildman–Crippen MR) is 73.2 cm³/mol. The number of amides is 2. The Bertz CT molecular complexity index is 647. The third-order valence-corrected chi connectivity index (χ3v) is 3.81. The largest absolute Gasteiger partial charge is 0.478 e. The van der Waals surface area contributed by atoms with Crippen molar-refractivity contribution < 1.29 is 27.5 Å². The molecule has 0 fully saturated rings. The number of carbonyl (C=O) groups excluding carboxylic acids is 1. The highest BCUT2D eigenvalue weighted by atomic mass is 32.2. The van der Waals surface area contributed by atoms with E-state index in [9.17, 15) is 22.4 Å². The van der Waals surface area contributed by atoms with Gasteiger partial charge in [0.25, 0.3) is 0 Å². The molecule has 0 saturated carbocycles. The van der Waals surface area contributed by atoms with Crippen molar-refractivity contribution in [1.29, 1.82) is 0 Å². The summed E-state index contributed by atoms with van der Waals surface area (Å²) in [6.07, 6.45) is 0. The fourth-order valence-corrected chi connectivity index (χ4v) is 1.96. The van der Waals surface area contributed by atoms with Crippen molar-refractivity contribution in [3.63, 3.8) is 0 Å². The quantitative estimate of drug-likeness (QED) is 0.596. The van der Waals surface area contributed by atoms with E-state index in [1.165, 1.54) is 13.1 Å². The Morgan fingerprint density at radius 1 is 1.33 bits per heavy atom. The van der Waals surface area contributed by atoms with E-state index in [0.717, 1.165) is 12.1 Å². The normalized spacial score (nSPS) is 11.0. The predicted octanol–water partition coefficient (Wildman–Crippen LogP) is 0.195. The van der Waals surface area contributed by atoms with Crippen LogP contribution in [0.25, 0.3) is 0 Å². The Kier molecular flexibility index (Phi) is 5.61. The fourth-order valence-electron chi connectivity index (χ4n) is 1.39. The van der Waals surface area contributed by atoms with Crippen LogP contribution >= 0.6 is 0 Å². The lowest BCUT2D eigenvalue weighted by Crippen LogP contribution is -2.35. The monoisotopic (exact) mass is 319 g/mol. The van der Waals surface area contributed by atoms with Gasteiger partial charge < -0.3 is 15.7 Å². The second-order valence-electron chi connectivity index (χ2n) is 3.87. The lowest BCUT2D eigenvalue weighted by molar-refractivity contribution is 0.0697. The Balaban J connectivity index is 2.70. The van der Waals surface area contributed by atoms with Crippen molar-refractivity contribution >= 4 is 27.7 Å². The fraction of sp³-hybridized carbons (Fsp3) is 0.273. The summed E-state index contributed by atoms with van der Waals surface area (Å²) in [5.41, 5.74) is -0.896. The third kappa shape index (κ3) is 5.00. The minimum atomic E-state index is -3.48. The first kappa shape index (κ1) is 16.9. The molecule has 0 aliphatic rings. The first-order chi connectivity index (χ1) is 9.76. The molecule has 8 nitrogen and oxygen atoms in total. The number of hydrogen-bond donors (Lipinski definition) is 4. The van der Waals surface area contributed by atoms with Crippen LogP contribution in [0.4, 0.5) is 14.9 Å². The number of nitrogens with one attached hydrogen (secondary N) is 3. The number of aromatic carboxylic acids is 1. The lowest BCUT2D eigenvalue weighted by atomic mass is 10.1. The van der Waals surface area contributed by atoms with Crippen molar-refractivity contribution in [1.82, 2.24) is 10.0 Å². The number of rotatable bonds is 6. The highest BCUT2D eigenvalue weighted by molar-refractivity contribution is 7.89. The van der Waals surface area contributed by atoms with E-state index >= 15 is 0 Å². The van der Waals surface area contributed by atoms with Gasteiger partial charge in [0, 0.05) is 6.54 Å². The van der Waals surface area contributed by atoms with Gasteiger partial charge in [-0.05, 0) is 19.2 Å². The summed E-state index contributed by atoms with van der Waals surface area (Å²) >= 11 is 0. The van der Waals surface area contributed by atoms with E-state index in [0.29, 0.717) is 0 Å². The number of para-hydroxylation sites is 1. The van der Waals surface area contributed by atoms with Crippen LogP contribution in [0.1, 0.15) is 10.4 Å². The Labute approximate surface area is 120 Å². The van der Waals surface area contributed by atoms with Crippen LogP contribution in [0, 0.1) is 5.82 Å². The highest BCUT2D eigenvalue weighted by Crippen LogP contribution is 2.19. The summed E-state index contributed by atoms with van der Waals surface area (Å²) < 4.78 is 37.8. The van der Waals surface area contributed by atoms with E-state index in [2.05, 4.69) is 10.0 Å². The third-order valence-electron chi connectivity index (χ3n) is 2.45. The van der Waals surface area contributed by atoms with Crippen LogP contribution in [-0.2, 0) is 10.0 Å². The molecular formula is C11H14FN3O5S. The number of carboxylic acids is 1. The Hall–Kier alpha value is -2.20. The van der Waals surface area contributed by atoms with Gasteiger partial charge in [-0.3, -0.25) is 0 Å². The summed E-state index contributed by atoms with van der Waals surface area (Å²) in [4.78, 5) is 22.4. The summed E-state index contributed by atoms with van der Waals surface area (Å²) in [5.74, 6) is -2.67. The number of urea groups is 1. The molecule has 0 aliphatic heterocycles. The van der Waals surface area contributed by atoms with Crippen molar-refractivity contribution in [3.8, 4) is 0 Å². The molecule has 2 amide bonds. The van der Waals surface area contributed by atoms with Gasteiger partial charge in [0.15, 0.2) is 0 Å². The number of sulfonamides is 1. The van der Waals surface area contributed by atoms with E-state index in [1.807, 2.05) is 5.32 Å². The summed E-state index contributed by atoms with van der Waals surface area (Å²) in [6, 6.07) is 2.41. The van der Waals surface area contributed by atoms with Crippen LogP contribution in [0.5, 0.6) is 0 Å². The van der Waals surface area contributed by atoms with Crippen LogP contribution in [0.3, 0.4) is 0 Å². The molecule has 0 spiro atoms. The second kappa shape index (κ2) is 6.99. The number of carbonyl (C=O) groups is 2. The van der Waals surface area contributed by atoms with Gasteiger partial charge in [0.1, 0.15) is 5.82 Å². The van der Waals surface area contributed by atoms with Crippen molar-refractivity contribution in [2.75, 3.05) is 24.7 Å². The summed E-state index contributed by atoms with van der Waals surface area (Å²) in [7, 11) is -2.25. The topological polar surface area (TPSA) is 125 Å². The Morgan fingerprint density at radius 2 is 2.00 bits per heavy atom. The number of carboxylic acid groups (broad SMARTS) is 1. The average Bonchev–Trinajstić information content (AvgIpc) is 2.40. The molecule has 0 heterocycles. The van der Waals surface area contributed by atoms with E-state index in [-0.39, 0.29) is 12.3 Å². The summed E-state index contributed by atoms with van der Waals surface area (Å²) in [6.45, 7) is -0.216. The Morgan fingerprint density at radius 3 is 2.57 bits per heavy atom. The minimum Gasteiger partial charge on any atom is -0.478 e. The molecule has 1 aromatic rings. The zero-order valence-electron chi connectivity index (χ0n) is 11.0. The zero-order chi connectivity index (χ0) is 16.0. The molecule has 0 radical (unpaired) electrons. The molecule has 21 heavy (non-hydrogen) atoms. The van der Waals surface area contributed by atoms with Gasteiger partial charge in [-0.25, -0.2) is 27.1 Å². The smallest absolute Gasteiger partial charge is 0.337 e. The second-order valence-corrected chi connectivity index (χ2v) is 5.92. The zero-order valence-corrected chi connectivity index (χ0v) is 11.8. The van der Waals surface area contributed by atoms with E-state index < -0.39 is 39.1 Å². The number of hydrogen-bond acceptors (Lipinski definition) is 4. The highest BCUT2D eigenvalue weighted by Gasteiger charge is 2.16. The maximum atomic E-state index is 13.5. The molecule has 0 atom stereocenters. The first-order valence-electron chi connectivity index (χ1n) is 5.74. The first-order valence-corrected chi connectivity index (χ1v) is 7.40. The van der Waals surface area contributed by atoms with Gasteiger partial charge in [0.05, 0.1) is 17.0 Å². The van der Waals surface area contributed by atoms with Gasteiger partial charge in [-0.1, -0.05) is 6.07 Å². The van der Waals surface area contributed by atoms with Gasteiger partial charge in [-0.15, -0.1) is 0 Å². The molecule has 0 saturated heterocycles. The van der Waals surface area contributed by atoms with Gasteiger partial charge >= 0.3 is 12.0 Å². The molecule has 0 aromatic heterocycles. The van der Waals surface area contributed by atoms with Crippen LogP contribution < -0.4 is 15.4 Å². The minimum absolute atomic E-state index is 0.216. The summed E-state index contributed by atoms with van der Waals surface area (Å²) in [5, 5.41) is 13.1. The number of benzene rings is 1. The standard InChI is InChI=1S/C11H14FN3O5S/c1-13-21(19,20)6-5-14-11(18)15-9-7(10(16)17)3-2-4-8(9)12/h2-4,13H,5-6H2,1H3,(H,16,17)(H2,14,15,18). The number of halogens is 1. The SMILES string of the molecule is CNS(=O)(=O)CCNC(=O)Nc1c(F)cccc1C(=O)O. The lowest BCUT2D eigenvalue weighted by Gasteiger charge is -2.10.